The van der Waals surface area contributed by atoms with Crippen LogP contribution in [0.4, 0.5) is 5.82 Å². The Morgan fingerprint density at radius 3 is 2.63 bits per heavy atom. The molecule has 0 unspecified atom stereocenters. The number of carbonyl (C=O) groups is 1. The zero-order chi connectivity index (χ0) is 13.7. The topological polar surface area (TPSA) is 87.1 Å². The van der Waals surface area contributed by atoms with Gasteiger partial charge in [-0.25, -0.2) is 0 Å². The molecule has 1 aliphatic carbocycles. The first-order valence-corrected chi connectivity index (χ1v) is 6.65. The lowest BCUT2D eigenvalue weighted by atomic mass is 9.85. The largest absolute Gasteiger partial charge is 0.388 e. The number of amides is 1. The molecule has 0 atom stereocenters. The molecule has 1 aromatic rings. The van der Waals surface area contributed by atoms with Gasteiger partial charge >= 0.3 is 0 Å². The van der Waals surface area contributed by atoms with Crippen LogP contribution in [0.25, 0.3) is 0 Å². The lowest BCUT2D eigenvalue weighted by molar-refractivity contribution is 0.0166. The van der Waals surface area contributed by atoms with Crippen molar-refractivity contribution >= 4 is 11.7 Å². The maximum Gasteiger partial charge on any atom is 0.271 e. The molecule has 1 fully saturated rings. The van der Waals surface area contributed by atoms with Gasteiger partial charge in [0.2, 0.25) is 0 Å². The van der Waals surface area contributed by atoms with E-state index >= 15 is 0 Å². The van der Waals surface area contributed by atoms with Crippen LogP contribution in [0.1, 0.15) is 42.6 Å². The molecule has 2 rings (SSSR count). The fourth-order valence-corrected chi connectivity index (χ4v) is 2.32. The lowest BCUT2D eigenvalue weighted by Crippen LogP contribution is -2.39. The van der Waals surface area contributed by atoms with Gasteiger partial charge in [-0.15, -0.1) is 10.2 Å². The molecular weight excluding hydrogens is 244 g/mol. The molecule has 0 spiro atoms. The molecule has 0 aliphatic heterocycles. The van der Waals surface area contributed by atoms with Crippen molar-refractivity contribution in [2.45, 2.75) is 37.7 Å². The Labute approximate surface area is 112 Å². The number of nitrogens with one attached hydrogen (secondary N) is 2. The summed E-state index contributed by atoms with van der Waals surface area (Å²) in [6.45, 7) is 0.473. The van der Waals surface area contributed by atoms with Crippen molar-refractivity contribution < 1.29 is 9.90 Å². The van der Waals surface area contributed by atoms with Crippen molar-refractivity contribution in [2.75, 3.05) is 18.9 Å². The third-order valence-electron chi connectivity index (χ3n) is 3.51. The van der Waals surface area contributed by atoms with E-state index in [0.29, 0.717) is 12.4 Å². The second-order valence-electron chi connectivity index (χ2n) is 5.02. The summed E-state index contributed by atoms with van der Waals surface area (Å²) < 4.78 is 0. The van der Waals surface area contributed by atoms with Crippen molar-refractivity contribution in [1.82, 2.24) is 15.5 Å². The Balaban J connectivity index is 1.91. The second kappa shape index (κ2) is 5.97. The average molecular weight is 264 g/mol. The molecule has 0 bridgehead atoms. The number of hydrogen-bond donors (Lipinski definition) is 3. The van der Waals surface area contributed by atoms with Crippen molar-refractivity contribution in [2.24, 2.45) is 0 Å². The highest BCUT2D eigenvalue weighted by molar-refractivity contribution is 5.91. The van der Waals surface area contributed by atoms with Crippen LogP contribution in [0.15, 0.2) is 12.1 Å². The first-order chi connectivity index (χ1) is 9.13. The highest BCUT2D eigenvalue weighted by atomic mass is 16.3. The Morgan fingerprint density at radius 1 is 1.32 bits per heavy atom. The zero-order valence-electron chi connectivity index (χ0n) is 11.1. The number of carbonyl (C=O) groups excluding carboxylic acids is 1. The van der Waals surface area contributed by atoms with E-state index in [-0.39, 0.29) is 11.6 Å². The van der Waals surface area contributed by atoms with E-state index in [9.17, 15) is 9.90 Å². The minimum atomic E-state index is -0.639. The predicted octanol–water partition coefficient (Wildman–Crippen LogP) is 0.943. The molecule has 19 heavy (non-hydrogen) atoms. The number of nitrogens with zero attached hydrogens (tertiary/aromatic N) is 2. The minimum Gasteiger partial charge on any atom is -0.388 e. The van der Waals surface area contributed by atoms with Crippen LogP contribution in [-0.2, 0) is 0 Å². The summed E-state index contributed by atoms with van der Waals surface area (Å²) in [4.78, 5) is 11.3. The van der Waals surface area contributed by atoms with Gasteiger partial charge in [0, 0.05) is 13.6 Å². The molecule has 1 aliphatic rings. The standard InChI is InChI=1S/C13H20N4O2/c1-14-12(18)10-5-6-11(17-16-10)15-9-13(19)7-3-2-4-8-13/h5-6,19H,2-4,7-9H2,1H3,(H,14,18)(H,15,17). The van der Waals surface area contributed by atoms with Crippen LogP contribution in [0, 0.1) is 0 Å². The summed E-state index contributed by atoms with van der Waals surface area (Å²) in [5.74, 6) is 0.316. The van der Waals surface area contributed by atoms with Gasteiger partial charge < -0.3 is 15.7 Å². The van der Waals surface area contributed by atoms with Gasteiger partial charge in [-0.05, 0) is 25.0 Å². The smallest absolute Gasteiger partial charge is 0.271 e. The number of aromatic nitrogens is 2. The SMILES string of the molecule is CNC(=O)c1ccc(NCC2(O)CCCCC2)nn1. The summed E-state index contributed by atoms with van der Waals surface area (Å²) in [7, 11) is 1.55. The number of hydrogen-bond acceptors (Lipinski definition) is 5. The van der Waals surface area contributed by atoms with E-state index in [1.807, 2.05) is 0 Å². The lowest BCUT2D eigenvalue weighted by Gasteiger charge is -2.32. The van der Waals surface area contributed by atoms with Crippen LogP contribution in [0.3, 0.4) is 0 Å². The second-order valence-corrected chi connectivity index (χ2v) is 5.02. The van der Waals surface area contributed by atoms with E-state index in [4.69, 9.17) is 0 Å². The number of rotatable bonds is 4. The molecule has 6 nitrogen and oxygen atoms in total. The highest BCUT2D eigenvalue weighted by Gasteiger charge is 2.28. The fraction of sp³-hybridized carbons (Fsp3) is 0.615. The number of anilines is 1. The van der Waals surface area contributed by atoms with Crippen LogP contribution in [0.5, 0.6) is 0 Å². The Hall–Kier alpha value is -1.69. The molecule has 1 amide bonds. The van der Waals surface area contributed by atoms with E-state index in [1.54, 1.807) is 19.2 Å². The van der Waals surface area contributed by atoms with E-state index in [2.05, 4.69) is 20.8 Å². The quantitative estimate of drug-likeness (QED) is 0.753. The van der Waals surface area contributed by atoms with Gasteiger partial charge in [-0.2, -0.15) is 0 Å². The Kier molecular flexibility index (Phi) is 4.31. The zero-order valence-corrected chi connectivity index (χ0v) is 11.1. The van der Waals surface area contributed by atoms with Crippen molar-refractivity contribution in [3.63, 3.8) is 0 Å². The summed E-state index contributed by atoms with van der Waals surface area (Å²) in [5.41, 5.74) is -0.358. The van der Waals surface area contributed by atoms with Gasteiger partial charge in [0.15, 0.2) is 5.69 Å². The molecule has 0 aromatic carbocycles. The molecule has 0 saturated heterocycles. The summed E-state index contributed by atoms with van der Waals surface area (Å²) >= 11 is 0. The summed E-state index contributed by atoms with van der Waals surface area (Å²) in [5, 5.41) is 23.7. The van der Waals surface area contributed by atoms with Crippen LogP contribution >= 0.6 is 0 Å². The molecule has 1 saturated carbocycles. The van der Waals surface area contributed by atoms with E-state index in [1.165, 1.54) is 6.42 Å². The van der Waals surface area contributed by atoms with Crippen molar-refractivity contribution in [3.8, 4) is 0 Å². The minimum absolute atomic E-state index is 0.259. The Bertz CT molecular complexity index is 427. The predicted molar refractivity (Wildman–Crippen MR) is 71.9 cm³/mol. The van der Waals surface area contributed by atoms with Crippen molar-refractivity contribution in [3.05, 3.63) is 17.8 Å². The molecule has 0 radical (unpaired) electrons. The monoisotopic (exact) mass is 264 g/mol. The van der Waals surface area contributed by atoms with Crippen LogP contribution in [0.2, 0.25) is 0 Å². The Morgan fingerprint density at radius 2 is 2.05 bits per heavy atom. The van der Waals surface area contributed by atoms with Gasteiger partial charge in [-0.3, -0.25) is 4.79 Å². The first kappa shape index (κ1) is 13.7. The van der Waals surface area contributed by atoms with Gasteiger partial charge in [0.25, 0.3) is 5.91 Å². The molecular formula is C13H20N4O2. The molecule has 6 heteroatoms. The fourth-order valence-electron chi connectivity index (χ4n) is 2.32. The van der Waals surface area contributed by atoms with E-state index in [0.717, 1.165) is 25.7 Å². The van der Waals surface area contributed by atoms with E-state index < -0.39 is 5.60 Å². The van der Waals surface area contributed by atoms with Crippen LogP contribution in [-0.4, -0.2) is 40.4 Å². The van der Waals surface area contributed by atoms with Gasteiger partial charge in [-0.1, -0.05) is 19.3 Å². The van der Waals surface area contributed by atoms with Crippen molar-refractivity contribution in [1.29, 1.82) is 0 Å². The van der Waals surface area contributed by atoms with Crippen LogP contribution < -0.4 is 10.6 Å². The normalized spacial score (nSPS) is 17.8. The molecule has 3 N–H and O–H groups in total. The summed E-state index contributed by atoms with van der Waals surface area (Å²) in [6.07, 6.45) is 4.98. The molecule has 104 valence electrons. The highest BCUT2D eigenvalue weighted by Crippen LogP contribution is 2.27. The summed E-state index contributed by atoms with van der Waals surface area (Å²) in [6, 6.07) is 3.31. The van der Waals surface area contributed by atoms with Gasteiger partial charge in [0.1, 0.15) is 5.82 Å². The van der Waals surface area contributed by atoms with Gasteiger partial charge in [0.05, 0.1) is 5.60 Å². The maximum absolute atomic E-state index is 11.3. The third kappa shape index (κ3) is 3.64. The third-order valence-corrected chi connectivity index (χ3v) is 3.51. The molecule has 1 aromatic heterocycles. The number of aliphatic hydroxyl groups is 1. The first-order valence-electron chi connectivity index (χ1n) is 6.65. The molecule has 1 heterocycles. The maximum atomic E-state index is 11.3. The average Bonchev–Trinajstić information content (AvgIpc) is 2.46.